The molecule has 0 aromatic rings. The Bertz CT molecular complexity index is 649. The predicted molar refractivity (Wildman–Crippen MR) is 91.8 cm³/mol. The molecule has 5 atom stereocenters. The molecular formula is C16H21BrO11. The number of esters is 5. The van der Waals surface area contributed by atoms with Crippen LogP contribution in [-0.4, -0.2) is 72.5 Å². The summed E-state index contributed by atoms with van der Waals surface area (Å²) in [6, 6.07) is 0. The summed E-state index contributed by atoms with van der Waals surface area (Å²) >= 11 is 3.04. The molecule has 1 fully saturated rings. The summed E-state index contributed by atoms with van der Waals surface area (Å²) < 4.78 is 28.6. The molecule has 1 aliphatic rings. The maximum atomic E-state index is 12.4. The van der Waals surface area contributed by atoms with Crippen LogP contribution in [0.3, 0.4) is 0 Å². The molecule has 0 spiro atoms. The molecule has 0 amide bonds. The lowest BCUT2D eigenvalue weighted by atomic mass is 9.94. The fourth-order valence-corrected chi connectivity index (χ4v) is 3.31. The number of rotatable bonds is 6. The van der Waals surface area contributed by atoms with E-state index in [0.29, 0.717) is 0 Å². The van der Waals surface area contributed by atoms with Crippen LogP contribution in [0.1, 0.15) is 27.7 Å². The average molecular weight is 469 g/mol. The topological polar surface area (TPSA) is 141 Å². The Balaban J connectivity index is 3.48. The van der Waals surface area contributed by atoms with Gasteiger partial charge in [-0.2, -0.15) is 0 Å². The van der Waals surface area contributed by atoms with Crippen molar-refractivity contribution in [2.24, 2.45) is 0 Å². The molecule has 1 aliphatic heterocycles. The van der Waals surface area contributed by atoms with Crippen LogP contribution in [0.2, 0.25) is 0 Å². The van der Waals surface area contributed by atoms with E-state index in [1.54, 1.807) is 0 Å². The van der Waals surface area contributed by atoms with Gasteiger partial charge < -0.3 is 28.4 Å². The Morgan fingerprint density at radius 3 is 1.79 bits per heavy atom. The van der Waals surface area contributed by atoms with Gasteiger partial charge in [0.25, 0.3) is 4.51 Å². The third-order valence-corrected chi connectivity index (χ3v) is 4.45. The number of hydrogen-bond donors (Lipinski definition) is 0. The first-order chi connectivity index (χ1) is 12.9. The van der Waals surface area contributed by atoms with Crippen LogP contribution in [0.15, 0.2) is 0 Å². The summed E-state index contributed by atoms with van der Waals surface area (Å²) in [5, 5.41) is 0. The van der Waals surface area contributed by atoms with Gasteiger partial charge in [0.1, 0.15) is 12.7 Å². The minimum atomic E-state index is -2.13. The molecule has 0 aliphatic carbocycles. The van der Waals surface area contributed by atoms with E-state index in [-0.39, 0.29) is 0 Å². The maximum absolute atomic E-state index is 12.4. The first-order valence-corrected chi connectivity index (χ1v) is 8.81. The number of carbonyl (C=O) groups excluding carboxylic acids is 5. The van der Waals surface area contributed by atoms with Crippen molar-refractivity contribution in [2.45, 2.75) is 56.6 Å². The lowest BCUT2D eigenvalue weighted by Crippen LogP contribution is -2.68. The van der Waals surface area contributed by atoms with Crippen LogP contribution in [0.5, 0.6) is 0 Å². The molecular weight excluding hydrogens is 448 g/mol. The standard InChI is InChI=1S/C16H21BrO11/c1-7(18)24-6-11-12(25-8(2)19)13(26-9(3)20)14(27-10(4)21)16(17,28-11)15(22)23-5/h11-14H,6H2,1-5H3. The summed E-state index contributed by atoms with van der Waals surface area (Å²) in [7, 11) is 1.06. The quantitative estimate of drug-likeness (QED) is 0.295. The lowest BCUT2D eigenvalue weighted by molar-refractivity contribution is -0.260. The predicted octanol–water partition coefficient (Wildman–Crippen LogP) is 0.00760. The van der Waals surface area contributed by atoms with Crippen LogP contribution in [-0.2, 0) is 52.4 Å². The van der Waals surface area contributed by atoms with Gasteiger partial charge in [-0.15, -0.1) is 0 Å². The van der Waals surface area contributed by atoms with Gasteiger partial charge in [-0.1, -0.05) is 0 Å². The molecule has 0 bridgehead atoms. The van der Waals surface area contributed by atoms with E-state index in [9.17, 15) is 24.0 Å². The summed E-state index contributed by atoms with van der Waals surface area (Å²) in [6.45, 7) is 3.89. The van der Waals surface area contributed by atoms with Crippen LogP contribution < -0.4 is 0 Å². The van der Waals surface area contributed by atoms with Crippen LogP contribution in [0.25, 0.3) is 0 Å². The Morgan fingerprint density at radius 1 is 0.857 bits per heavy atom. The van der Waals surface area contributed by atoms with Gasteiger partial charge >= 0.3 is 29.8 Å². The van der Waals surface area contributed by atoms with Gasteiger partial charge in [-0.3, -0.25) is 19.2 Å². The highest BCUT2D eigenvalue weighted by Crippen LogP contribution is 2.40. The first kappa shape index (κ1) is 23.8. The molecule has 158 valence electrons. The van der Waals surface area contributed by atoms with Gasteiger partial charge in [-0.05, 0) is 15.9 Å². The van der Waals surface area contributed by atoms with Gasteiger partial charge in [0.15, 0.2) is 18.3 Å². The SMILES string of the molecule is COC(=O)C1(Br)OC(COC(C)=O)C(OC(C)=O)C(OC(C)=O)C1OC(C)=O. The molecule has 12 heteroatoms. The van der Waals surface area contributed by atoms with E-state index < -0.39 is 65.4 Å². The zero-order valence-electron chi connectivity index (χ0n) is 15.9. The van der Waals surface area contributed by atoms with Gasteiger partial charge in [0, 0.05) is 27.7 Å². The van der Waals surface area contributed by atoms with Crippen molar-refractivity contribution in [1.82, 2.24) is 0 Å². The number of carbonyl (C=O) groups is 5. The van der Waals surface area contributed by atoms with E-state index in [2.05, 4.69) is 20.7 Å². The average Bonchev–Trinajstić information content (AvgIpc) is 2.57. The Kier molecular flexibility index (Phi) is 8.36. The largest absolute Gasteiger partial charge is 0.466 e. The maximum Gasteiger partial charge on any atom is 0.353 e. The zero-order valence-corrected chi connectivity index (χ0v) is 17.5. The van der Waals surface area contributed by atoms with Gasteiger partial charge in [-0.25, -0.2) is 4.79 Å². The minimum absolute atomic E-state index is 0.456. The third kappa shape index (κ3) is 5.89. The number of ether oxygens (including phenoxy) is 6. The van der Waals surface area contributed by atoms with Crippen molar-refractivity contribution >= 4 is 45.8 Å². The zero-order chi connectivity index (χ0) is 21.6. The molecule has 0 saturated carbocycles. The number of halogens is 1. The monoisotopic (exact) mass is 468 g/mol. The normalized spacial score (nSPS) is 29.2. The van der Waals surface area contributed by atoms with Crippen LogP contribution in [0.4, 0.5) is 0 Å². The van der Waals surface area contributed by atoms with Crippen molar-refractivity contribution in [1.29, 1.82) is 0 Å². The van der Waals surface area contributed by atoms with E-state index in [4.69, 9.17) is 23.7 Å². The van der Waals surface area contributed by atoms with Crippen molar-refractivity contribution in [2.75, 3.05) is 13.7 Å². The van der Waals surface area contributed by atoms with Crippen molar-refractivity contribution in [3.05, 3.63) is 0 Å². The molecule has 1 rings (SSSR count). The minimum Gasteiger partial charge on any atom is -0.466 e. The fourth-order valence-electron chi connectivity index (χ4n) is 2.56. The van der Waals surface area contributed by atoms with Gasteiger partial charge in [0.2, 0.25) is 0 Å². The summed E-state index contributed by atoms with van der Waals surface area (Å²) in [5.41, 5.74) is 0. The molecule has 11 nitrogen and oxygen atoms in total. The molecule has 28 heavy (non-hydrogen) atoms. The highest BCUT2D eigenvalue weighted by Gasteiger charge is 2.63. The Hall–Kier alpha value is -2.21. The summed E-state index contributed by atoms with van der Waals surface area (Å²) in [4.78, 5) is 58.4. The Labute approximate surface area is 169 Å². The summed E-state index contributed by atoms with van der Waals surface area (Å²) in [6.07, 6.45) is -5.68. The highest BCUT2D eigenvalue weighted by molar-refractivity contribution is 9.10. The molecule has 0 aromatic carbocycles. The lowest BCUT2D eigenvalue weighted by Gasteiger charge is -2.47. The Morgan fingerprint density at radius 2 is 1.36 bits per heavy atom. The third-order valence-electron chi connectivity index (χ3n) is 3.49. The van der Waals surface area contributed by atoms with Crippen LogP contribution in [0, 0.1) is 0 Å². The first-order valence-electron chi connectivity index (χ1n) is 8.02. The van der Waals surface area contributed by atoms with E-state index in [1.807, 2.05) is 0 Å². The second-order valence-corrected chi connectivity index (χ2v) is 6.95. The smallest absolute Gasteiger partial charge is 0.353 e. The molecule has 1 saturated heterocycles. The highest BCUT2D eigenvalue weighted by atomic mass is 79.9. The van der Waals surface area contributed by atoms with Gasteiger partial charge in [0.05, 0.1) is 7.11 Å². The summed E-state index contributed by atoms with van der Waals surface area (Å²) in [5.74, 6) is -4.12. The molecule has 0 radical (unpaired) electrons. The second kappa shape index (κ2) is 9.82. The fraction of sp³-hybridized carbons (Fsp3) is 0.688. The molecule has 1 heterocycles. The second-order valence-electron chi connectivity index (χ2n) is 5.77. The number of alkyl halides is 1. The molecule has 0 N–H and O–H groups in total. The van der Waals surface area contributed by atoms with E-state index >= 15 is 0 Å². The van der Waals surface area contributed by atoms with Crippen LogP contribution >= 0.6 is 15.9 Å². The van der Waals surface area contributed by atoms with E-state index in [0.717, 1.165) is 34.8 Å². The number of methoxy groups -OCH3 is 1. The number of hydrogen-bond acceptors (Lipinski definition) is 11. The van der Waals surface area contributed by atoms with Crippen molar-refractivity contribution in [3.8, 4) is 0 Å². The molecule has 0 aromatic heterocycles. The molecule has 5 unspecified atom stereocenters. The van der Waals surface area contributed by atoms with Crippen molar-refractivity contribution in [3.63, 3.8) is 0 Å². The van der Waals surface area contributed by atoms with Crippen molar-refractivity contribution < 1.29 is 52.4 Å². The van der Waals surface area contributed by atoms with E-state index in [1.165, 1.54) is 0 Å².